The second-order valence-corrected chi connectivity index (χ2v) is 3.77. The molecule has 0 aromatic rings. The molecule has 2 heteroatoms. The zero-order chi connectivity index (χ0) is 7.84. The van der Waals surface area contributed by atoms with Gasteiger partial charge in [0.25, 0.3) is 0 Å². The molecule has 2 rings (SSSR count). The monoisotopic (exact) mass is 156 g/mol. The van der Waals surface area contributed by atoms with E-state index < -0.39 is 6.29 Å². The third kappa shape index (κ3) is 1.42. The molecule has 4 unspecified atom stereocenters. The molecule has 11 heavy (non-hydrogen) atoms. The Hall–Kier alpha value is -0.0800. The highest BCUT2D eigenvalue weighted by Crippen LogP contribution is 2.53. The lowest BCUT2D eigenvalue weighted by molar-refractivity contribution is -0.140. The molecule has 1 N–H and O–H groups in total. The second kappa shape index (κ2) is 2.76. The summed E-state index contributed by atoms with van der Waals surface area (Å²) in [7, 11) is 0. The summed E-state index contributed by atoms with van der Waals surface area (Å²) in [4.78, 5) is 0. The van der Waals surface area contributed by atoms with Crippen molar-refractivity contribution in [1.29, 1.82) is 0 Å². The lowest BCUT2D eigenvalue weighted by Crippen LogP contribution is -2.21. The molecule has 64 valence electrons. The average molecular weight is 156 g/mol. The van der Waals surface area contributed by atoms with Crippen LogP contribution in [-0.2, 0) is 4.74 Å². The molecule has 2 aliphatic rings. The zero-order valence-electron chi connectivity index (χ0n) is 6.99. The van der Waals surface area contributed by atoms with Crippen LogP contribution in [-0.4, -0.2) is 17.5 Å². The van der Waals surface area contributed by atoms with E-state index in [2.05, 4.69) is 0 Å². The molecular weight excluding hydrogens is 140 g/mol. The van der Waals surface area contributed by atoms with Crippen LogP contribution in [0.2, 0.25) is 0 Å². The molecule has 2 saturated carbocycles. The minimum absolute atomic E-state index is 0.384. The Labute approximate surface area is 67.6 Å². The summed E-state index contributed by atoms with van der Waals surface area (Å²) >= 11 is 0. The molecule has 0 saturated heterocycles. The van der Waals surface area contributed by atoms with Crippen molar-refractivity contribution in [2.75, 3.05) is 0 Å². The molecule has 0 heterocycles. The van der Waals surface area contributed by atoms with E-state index >= 15 is 0 Å². The van der Waals surface area contributed by atoms with Crippen LogP contribution in [0.5, 0.6) is 0 Å². The van der Waals surface area contributed by atoms with E-state index in [0.717, 1.165) is 11.8 Å². The molecule has 0 radical (unpaired) electrons. The molecule has 2 nitrogen and oxygen atoms in total. The Bertz CT molecular complexity index is 146. The summed E-state index contributed by atoms with van der Waals surface area (Å²) in [6.45, 7) is 1.95. The second-order valence-electron chi connectivity index (χ2n) is 3.77. The van der Waals surface area contributed by atoms with Crippen molar-refractivity contribution in [3.63, 3.8) is 0 Å². The maximum atomic E-state index is 9.23. The summed E-state index contributed by atoms with van der Waals surface area (Å²) in [5.41, 5.74) is 0. The van der Waals surface area contributed by atoms with Crippen molar-refractivity contribution in [3.05, 3.63) is 0 Å². The van der Waals surface area contributed by atoms with Gasteiger partial charge in [-0.15, -0.1) is 0 Å². The fourth-order valence-electron chi connectivity index (χ4n) is 2.12. The first-order valence-electron chi connectivity index (χ1n) is 4.64. The van der Waals surface area contributed by atoms with Gasteiger partial charge in [0.1, 0.15) is 0 Å². The average Bonchev–Trinajstić information content (AvgIpc) is 2.70. The van der Waals surface area contributed by atoms with Crippen LogP contribution in [0.15, 0.2) is 0 Å². The number of rotatable bonds is 3. The van der Waals surface area contributed by atoms with Gasteiger partial charge in [-0.1, -0.05) is 6.92 Å². The molecule has 0 spiro atoms. The van der Waals surface area contributed by atoms with Gasteiger partial charge < -0.3 is 9.84 Å². The topological polar surface area (TPSA) is 29.5 Å². The van der Waals surface area contributed by atoms with E-state index in [1.807, 2.05) is 6.92 Å². The smallest absolute Gasteiger partial charge is 0.154 e. The molecule has 0 amide bonds. The first-order chi connectivity index (χ1) is 5.31. The normalized spacial score (nSPS) is 43.6. The Morgan fingerprint density at radius 3 is 2.82 bits per heavy atom. The van der Waals surface area contributed by atoms with E-state index in [9.17, 15) is 5.11 Å². The van der Waals surface area contributed by atoms with E-state index in [0.29, 0.717) is 12.5 Å². The van der Waals surface area contributed by atoms with E-state index in [1.165, 1.54) is 19.3 Å². The number of hydrogen-bond acceptors (Lipinski definition) is 2. The number of hydrogen-bond donors (Lipinski definition) is 1. The van der Waals surface area contributed by atoms with Gasteiger partial charge in [0.15, 0.2) is 6.29 Å². The first kappa shape index (κ1) is 7.56. The van der Waals surface area contributed by atoms with Crippen molar-refractivity contribution >= 4 is 0 Å². The summed E-state index contributed by atoms with van der Waals surface area (Å²) in [6, 6.07) is 0. The highest BCUT2D eigenvalue weighted by Gasteiger charge is 2.49. The third-order valence-corrected chi connectivity index (χ3v) is 2.96. The largest absolute Gasteiger partial charge is 0.368 e. The van der Waals surface area contributed by atoms with Gasteiger partial charge in [-0.2, -0.15) is 0 Å². The number of fused-ring (bicyclic) bond motifs is 1. The highest BCUT2D eigenvalue weighted by atomic mass is 16.6. The van der Waals surface area contributed by atoms with Gasteiger partial charge in [-0.05, 0) is 37.5 Å². The zero-order valence-corrected chi connectivity index (χ0v) is 6.99. The van der Waals surface area contributed by atoms with Crippen LogP contribution in [0, 0.1) is 11.8 Å². The number of aliphatic hydroxyl groups excluding tert-OH is 1. The van der Waals surface area contributed by atoms with Crippen LogP contribution in [0.25, 0.3) is 0 Å². The molecule has 0 aromatic heterocycles. The molecule has 0 bridgehead atoms. The fourth-order valence-corrected chi connectivity index (χ4v) is 2.12. The summed E-state index contributed by atoms with van der Waals surface area (Å²) < 4.78 is 5.47. The Kier molecular flexibility index (Phi) is 1.90. The van der Waals surface area contributed by atoms with E-state index in [4.69, 9.17) is 4.74 Å². The van der Waals surface area contributed by atoms with Crippen LogP contribution in [0.4, 0.5) is 0 Å². The fraction of sp³-hybridized carbons (Fsp3) is 1.00. The number of aliphatic hydroxyl groups is 1. The Balaban J connectivity index is 1.77. The Morgan fingerprint density at radius 2 is 2.36 bits per heavy atom. The standard InChI is InChI=1S/C9H16O2/c1-2-9(10)11-8-4-3-6-5-7(6)8/h6-10H,2-5H2,1H3. The molecular formula is C9H16O2. The van der Waals surface area contributed by atoms with Crippen molar-refractivity contribution in [1.82, 2.24) is 0 Å². The third-order valence-electron chi connectivity index (χ3n) is 2.96. The van der Waals surface area contributed by atoms with Crippen LogP contribution >= 0.6 is 0 Å². The maximum Gasteiger partial charge on any atom is 0.154 e. The van der Waals surface area contributed by atoms with Crippen molar-refractivity contribution in [3.8, 4) is 0 Å². The SMILES string of the molecule is CCC(O)OC1CCC2CC21. The molecule has 2 fully saturated rings. The molecule has 2 aliphatic carbocycles. The van der Waals surface area contributed by atoms with Crippen molar-refractivity contribution < 1.29 is 9.84 Å². The summed E-state index contributed by atoms with van der Waals surface area (Å²) in [5.74, 6) is 1.75. The van der Waals surface area contributed by atoms with Gasteiger partial charge in [0.05, 0.1) is 6.10 Å². The van der Waals surface area contributed by atoms with Crippen molar-refractivity contribution in [2.24, 2.45) is 11.8 Å². The number of ether oxygens (including phenoxy) is 1. The Morgan fingerprint density at radius 1 is 1.55 bits per heavy atom. The van der Waals surface area contributed by atoms with Crippen LogP contribution in [0.3, 0.4) is 0 Å². The van der Waals surface area contributed by atoms with E-state index in [1.54, 1.807) is 0 Å². The highest BCUT2D eigenvalue weighted by molar-refractivity contribution is 4.98. The molecule has 4 atom stereocenters. The van der Waals surface area contributed by atoms with Gasteiger partial charge in [-0.3, -0.25) is 0 Å². The minimum Gasteiger partial charge on any atom is -0.368 e. The van der Waals surface area contributed by atoms with Gasteiger partial charge >= 0.3 is 0 Å². The molecule has 0 aromatic carbocycles. The quantitative estimate of drug-likeness (QED) is 0.628. The molecule has 0 aliphatic heterocycles. The van der Waals surface area contributed by atoms with Gasteiger partial charge in [-0.25, -0.2) is 0 Å². The van der Waals surface area contributed by atoms with Crippen LogP contribution < -0.4 is 0 Å². The maximum absolute atomic E-state index is 9.23. The predicted octanol–water partition coefficient (Wildman–Crippen LogP) is 1.53. The first-order valence-corrected chi connectivity index (χ1v) is 4.64. The summed E-state index contributed by atoms with van der Waals surface area (Å²) in [5, 5.41) is 9.23. The summed E-state index contributed by atoms with van der Waals surface area (Å²) in [6.07, 6.45) is 4.43. The van der Waals surface area contributed by atoms with Crippen LogP contribution in [0.1, 0.15) is 32.6 Å². The lowest BCUT2D eigenvalue weighted by atomic mass is 10.2. The predicted molar refractivity (Wildman–Crippen MR) is 42.0 cm³/mol. The van der Waals surface area contributed by atoms with Gasteiger partial charge in [0, 0.05) is 0 Å². The van der Waals surface area contributed by atoms with E-state index in [-0.39, 0.29) is 0 Å². The lowest BCUT2D eigenvalue weighted by Gasteiger charge is -2.17. The van der Waals surface area contributed by atoms with Crippen molar-refractivity contribution in [2.45, 2.75) is 45.0 Å². The minimum atomic E-state index is -0.514. The van der Waals surface area contributed by atoms with Gasteiger partial charge in [0.2, 0.25) is 0 Å².